The molecule has 0 unspecified atom stereocenters. The molecule has 3 heteroatoms. The molecule has 76 valence electrons. The van der Waals surface area contributed by atoms with E-state index in [1.807, 2.05) is 24.4 Å². The van der Waals surface area contributed by atoms with Crippen LogP contribution in [-0.4, -0.2) is 4.57 Å². The van der Waals surface area contributed by atoms with Gasteiger partial charge in [0, 0.05) is 30.2 Å². The van der Waals surface area contributed by atoms with Gasteiger partial charge in [-0.3, -0.25) is 0 Å². The van der Waals surface area contributed by atoms with Crippen molar-refractivity contribution in [1.82, 2.24) is 4.57 Å². The van der Waals surface area contributed by atoms with Crippen LogP contribution in [0.25, 0.3) is 10.9 Å². The number of aryl methyl sites for hydroxylation is 1. The van der Waals surface area contributed by atoms with E-state index in [1.165, 1.54) is 0 Å². The fourth-order valence-electron chi connectivity index (χ4n) is 1.77. The molecule has 0 saturated carbocycles. The monoisotopic (exact) mass is 199 g/mol. The van der Waals surface area contributed by atoms with Gasteiger partial charge in [0.2, 0.25) is 0 Å². The van der Waals surface area contributed by atoms with Crippen LogP contribution in [-0.2, 0) is 6.54 Å². The summed E-state index contributed by atoms with van der Waals surface area (Å²) in [5, 5.41) is 9.57. The zero-order valence-electron chi connectivity index (χ0n) is 8.48. The standard InChI is InChI=1S/C12H13N3/c13-7-1-2-8-15-9-6-10-11(14)4-3-5-12(10)15/h3-6,9H,1-2,8,14H2. The van der Waals surface area contributed by atoms with Crippen LogP contribution in [0.2, 0.25) is 0 Å². The lowest BCUT2D eigenvalue weighted by molar-refractivity contribution is 0.674. The number of benzene rings is 1. The third kappa shape index (κ3) is 1.79. The lowest BCUT2D eigenvalue weighted by Crippen LogP contribution is -1.95. The molecule has 0 aliphatic carbocycles. The average molecular weight is 199 g/mol. The molecule has 0 spiro atoms. The molecule has 0 bridgehead atoms. The number of nitrogens with two attached hydrogens (primary N) is 1. The quantitative estimate of drug-likeness (QED) is 0.610. The Morgan fingerprint density at radius 3 is 3.00 bits per heavy atom. The van der Waals surface area contributed by atoms with Crippen LogP contribution >= 0.6 is 0 Å². The van der Waals surface area contributed by atoms with Crippen LogP contribution in [0.5, 0.6) is 0 Å². The number of nitriles is 1. The molecule has 0 aliphatic heterocycles. The van der Waals surface area contributed by atoms with Gasteiger partial charge in [0.15, 0.2) is 0 Å². The summed E-state index contributed by atoms with van der Waals surface area (Å²) >= 11 is 0. The first-order valence-electron chi connectivity index (χ1n) is 5.03. The van der Waals surface area contributed by atoms with Crippen molar-refractivity contribution in [1.29, 1.82) is 5.26 Å². The number of fused-ring (bicyclic) bond motifs is 1. The largest absolute Gasteiger partial charge is 0.398 e. The maximum atomic E-state index is 8.47. The smallest absolute Gasteiger partial charge is 0.0622 e. The van der Waals surface area contributed by atoms with Crippen LogP contribution in [0.1, 0.15) is 12.8 Å². The van der Waals surface area contributed by atoms with Crippen molar-refractivity contribution in [3.8, 4) is 6.07 Å². The van der Waals surface area contributed by atoms with E-state index in [4.69, 9.17) is 11.0 Å². The lowest BCUT2D eigenvalue weighted by Gasteiger charge is -2.03. The second-order valence-electron chi connectivity index (χ2n) is 3.55. The molecule has 0 amide bonds. The van der Waals surface area contributed by atoms with Gasteiger partial charge in [-0.15, -0.1) is 0 Å². The topological polar surface area (TPSA) is 54.7 Å². The van der Waals surface area contributed by atoms with E-state index in [1.54, 1.807) is 0 Å². The third-order valence-corrected chi connectivity index (χ3v) is 2.54. The molecule has 1 aromatic carbocycles. The number of hydrogen-bond acceptors (Lipinski definition) is 2. The lowest BCUT2D eigenvalue weighted by atomic mass is 10.2. The van der Waals surface area contributed by atoms with Crippen molar-refractivity contribution in [2.24, 2.45) is 0 Å². The van der Waals surface area contributed by atoms with Crippen molar-refractivity contribution in [2.75, 3.05) is 5.73 Å². The van der Waals surface area contributed by atoms with E-state index in [0.717, 1.165) is 29.6 Å². The summed E-state index contributed by atoms with van der Waals surface area (Å²) in [6.45, 7) is 0.876. The minimum absolute atomic E-state index is 0.599. The Labute approximate surface area is 88.7 Å². The first-order chi connectivity index (χ1) is 7.33. The van der Waals surface area contributed by atoms with Gasteiger partial charge in [0.1, 0.15) is 0 Å². The summed E-state index contributed by atoms with van der Waals surface area (Å²) in [5.74, 6) is 0. The van der Waals surface area contributed by atoms with Gasteiger partial charge in [0.25, 0.3) is 0 Å². The van der Waals surface area contributed by atoms with Gasteiger partial charge in [0.05, 0.1) is 11.6 Å². The number of rotatable bonds is 3. The molecule has 2 rings (SSSR count). The van der Waals surface area contributed by atoms with Crippen molar-refractivity contribution >= 4 is 16.6 Å². The Morgan fingerprint density at radius 2 is 2.20 bits per heavy atom. The molecule has 1 aromatic heterocycles. The van der Waals surface area contributed by atoms with Crippen LogP contribution in [0, 0.1) is 11.3 Å². The summed E-state index contributed by atoms with van der Waals surface area (Å²) < 4.78 is 2.14. The molecule has 1 heterocycles. The van der Waals surface area contributed by atoms with E-state index in [-0.39, 0.29) is 0 Å². The molecule has 0 fully saturated rings. The highest BCUT2D eigenvalue weighted by Crippen LogP contribution is 2.22. The second kappa shape index (κ2) is 4.05. The van der Waals surface area contributed by atoms with E-state index in [9.17, 15) is 0 Å². The molecular weight excluding hydrogens is 186 g/mol. The molecule has 0 aliphatic rings. The summed E-state index contributed by atoms with van der Waals surface area (Å²) in [5.41, 5.74) is 7.82. The fourth-order valence-corrected chi connectivity index (χ4v) is 1.77. The normalized spacial score (nSPS) is 10.3. The van der Waals surface area contributed by atoms with Gasteiger partial charge in [-0.1, -0.05) is 6.07 Å². The summed E-state index contributed by atoms with van der Waals surface area (Å²) in [4.78, 5) is 0. The molecule has 3 nitrogen and oxygen atoms in total. The highest BCUT2D eigenvalue weighted by atomic mass is 14.9. The van der Waals surface area contributed by atoms with E-state index in [0.29, 0.717) is 6.42 Å². The minimum atomic E-state index is 0.599. The maximum absolute atomic E-state index is 8.47. The number of aromatic nitrogens is 1. The van der Waals surface area contributed by atoms with Crippen molar-refractivity contribution in [2.45, 2.75) is 19.4 Å². The number of unbranched alkanes of at least 4 members (excludes halogenated alkanes) is 1. The van der Waals surface area contributed by atoms with E-state index in [2.05, 4.69) is 16.7 Å². The molecular formula is C12H13N3. The highest BCUT2D eigenvalue weighted by molar-refractivity contribution is 5.91. The number of hydrogen-bond donors (Lipinski definition) is 1. The first kappa shape index (κ1) is 9.60. The van der Waals surface area contributed by atoms with Gasteiger partial charge in [-0.2, -0.15) is 5.26 Å². The zero-order chi connectivity index (χ0) is 10.7. The Kier molecular flexibility index (Phi) is 2.59. The molecule has 0 saturated heterocycles. The summed E-state index contributed by atoms with van der Waals surface area (Å²) in [6, 6.07) is 10.1. The average Bonchev–Trinajstić information content (AvgIpc) is 2.64. The number of nitrogens with zero attached hydrogens (tertiary/aromatic N) is 2. The Morgan fingerprint density at radius 1 is 1.33 bits per heavy atom. The van der Waals surface area contributed by atoms with Gasteiger partial charge >= 0.3 is 0 Å². The van der Waals surface area contributed by atoms with Gasteiger partial charge in [-0.05, 0) is 24.6 Å². The number of nitrogen functional groups attached to an aromatic ring is 1. The van der Waals surface area contributed by atoms with E-state index < -0.39 is 0 Å². The summed E-state index contributed by atoms with van der Waals surface area (Å²) in [7, 11) is 0. The van der Waals surface area contributed by atoms with E-state index >= 15 is 0 Å². The predicted octanol–water partition coefficient (Wildman–Crippen LogP) is 2.53. The van der Waals surface area contributed by atoms with Crippen LogP contribution in [0.3, 0.4) is 0 Å². The molecule has 15 heavy (non-hydrogen) atoms. The van der Waals surface area contributed by atoms with Gasteiger partial charge < -0.3 is 10.3 Å². The van der Waals surface area contributed by atoms with Crippen molar-refractivity contribution in [3.05, 3.63) is 30.5 Å². The molecule has 0 atom stereocenters. The number of anilines is 1. The first-order valence-corrected chi connectivity index (χ1v) is 5.03. The van der Waals surface area contributed by atoms with Crippen molar-refractivity contribution in [3.63, 3.8) is 0 Å². The maximum Gasteiger partial charge on any atom is 0.0622 e. The fraction of sp³-hybridized carbons (Fsp3) is 0.250. The highest BCUT2D eigenvalue weighted by Gasteiger charge is 2.02. The second-order valence-corrected chi connectivity index (χ2v) is 3.55. The van der Waals surface area contributed by atoms with Crippen molar-refractivity contribution < 1.29 is 0 Å². The molecule has 0 radical (unpaired) electrons. The summed E-state index contributed by atoms with van der Waals surface area (Å²) in [6.07, 6.45) is 3.51. The molecule has 2 N–H and O–H groups in total. The SMILES string of the molecule is N#CCCCn1ccc2c(N)cccc21. The van der Waals surface area contributed by atoms with Crippen LogP contribution in [0.4, 0.5) is 5.69 Å². The Balaban J connectivity index is 2.30. The van der Waals surface area contributed by atoms with Gasteiger partial charge in [-0.25, -0.2) is 0 Å². The predicted molar refractivity (Wildman–Crippen MR) is 61.2 cm³/mol. The Hall–Kier alpha value is -1.95. The molecule has 2 aromatic rings. The minimum Gasteiger partial charge on any atom is -0.398 e. The van der Waals surface area contributed by atoms with Crippen LogP contribution < -0.4 is 5.73 Å². The third-order valence-electron chi connectivity index (χ3n) is 2.54. The Bertz CT molecular complexity index is 505. The zero-order valence-corrected chi connectivity index (χ0v) is 8.48. The van der Waals surface area contributed by atoms with Crippen LogP contribution in [0.15, 0.2) is 30.5 Å².